The highest BCUT2D eigenvalue weighted by molar-refractivity contribution is 7.10. The van der Waals surface area contributed by atoms with Gasteiger partial charge in [-0.1, -0.05) is 11.8 Å². The van der Waals surface area contributed by atoms with Crippen molar-refractivity contribution in [2.24, 2.45) is 0 Å². The number of ether oxygens (including phenoxy) is 1. The zero-order chi connectivity index (χ0) is 13.5. The summed E-state index contributed by atoms with van der Waals surface area (Å²) in [6.07, 6.45) is 1.96. The molecule has 0 amide bonds. The summed E-state index contributed by atoms with van der Waals surface area (Å²) in [6, 6.07) is 2.07. The SMILES string of the molecule is CC1CN(Cc2sccc2C#CCCO)CCCO1. The summed E-state index contributed by atoms with van der Waals surface area (Å²) < 4.78 is 5.67. The van der Waals surface area contributed by atoms with Gasteiger partial charge in [-0.15, -0.1) is 11.3 Å². The number of nitrogens with zero attached hydrogens (tertiary/aromatic N) is 1. The van der Waals surface area contributed by atoms with Gasteiger partial charge < -0.3 is 9.84 Å². The van der Waals surface area contributed by atoms with E-state index in [1.54, 1.807) is 11.3 Å². The van der Waals surface area contributed by atoms with E-state index in [2.05, 4.69) is 35.1 Å². The Balaban J connectivity index is 1.99. The topological polar surface area (TPSA) is 32.7 Å². The van der Waals surface area contributed by atoms with Gasteiger partial charge in [0.15, 0.2) is 0 Å². The Kier molecular flexibility index (Phi) is 5.87. The normalized spacial score (nSPS) is 20.6. The van der Waals surface area contributed by atoms with Crippen molar-refractivity contribution in [3.63, 3.8) is 0 Å². The molecule has 3 nitrogen and oxygen atoms in total. The molecule has 1 atom stereocenters. The van der Waals surface area contributed by atoms with E-state index in [4.69, 9.17) is 9.84 Å². The summed E-state index contributed by atoms with van der Waals surface area (Å²) in [5, 5.41) is 10.9. The molecule has 0 radical (unpaired) electrons. The van der Waals surface area contributed by atoms with Gasteiger partial charge in [-0.2, -0.15) is 0 Å². The maximum Gasteiger partial charge on any atom is 0.0674 e. The third-order valence-electron chi connectivity index (χ3n) is 3.11. The molecule has 0 saturated carbocycles. The smallest absolute Gasteiger partial charge is 0.0674 e. The van der Waals surface area contributed by atoms with Gasteiger partial charge >= 0.3 is 0 Å². The number of rotatable bonds is 3. The van der Waals surface area contributed by atoms with Crippen LogP contribution < -0.4 is 0 Å². The summed E-state index contributed by atoms with van der Waals surface area (Å²) in [5.41, 5.74) is 1.11. The number of hydrogen-bond acceptors (Lipinski definition) is 4. The van der Waals surface area contributed by atoms with Gasteiger partial charge in [-0.3, -0.25) is 4.90 Å². The molecule has 0 bridgehead atoms. The molecule has 1 unspecified atom stereocenters. The van der Waals surface area contributed by atoms with Crippen molar-refractivity contribution in [2.75, 3.05) is 26.3 Å². The standard InChI is InChI=1S/C15H21NO2S/c1-13-11-16(7-4-9-18-13)12-15-14(6-10-19-15)5-2-3-8-17/h6,10,13,17H,3-4,7-9,11-12H2,1H3. The molecule has 1 aromatic heterocycles. The number of hydrogen-bond donors (Lipinski definition) is 1. The van der Waals surface area contributed by atoms with Crippen LogP contribution in [0.4, 0.5) is 0 Å². The Morgan fingerprint density at radius 2 is 2.47 bits per heavy atom. The Hall–Kier alpha value is -0.860. The fraction of sp³-hybridized carbons (Fsp3) is 0.600. The minimum atomic E-state index is 0.132. The Morgan fingerprint density at radius 3 is 3.32 bits per heavy atom. The maximum atomic E-state index is 8.76. The van der Waals surface area contributed by atoms with Gasteiger partial charge in [0.25, 0.3) is 0 Å². The van der Waals surface area contributed by atoms with Gasteiger partial charge in [0.2, 0.25) is 0 Å². The second kappa shape index (κ2) is 7.66. The fourth-order valence-electron chi connectivity index (χ4n) is 2.22. The maximum absolute atomic E-state index is 8.76. The lowest BCUT2D eigenvalue weighted by Crippen LogP contribution is -2.29. The first-order valence-corrected chi connectivity index (χ1v) is 7.67. The van der Waals surface area contributed by atoms with E-state index in [0.29, 0.717) is 12.5 Å². The predicted molar refractivity (Wildman–Crippen MR) is 78.2 cm³/mol. The average Bonchev–Trinajstić information content (AvgIpc) is 2.71. The molecule has 1 fully saturated rings. The van der Waals surface area contributed by atoms with Crippen LogP contribution in [0.2, 0.25) is 0 Å². The van der Waals surface area contributed by atoms with E-state index >= 15 is 0 Å². The van der Waals surface area contributed by atoms with E-state index in [0.717, 1.165) is 38.2 Å². The predicted octanol–water partition coefficient (Wildman–Crippen LogP) is 2.09. The molecule has 0 aromatic carbocycles. The van der Waals surface area contributed by atoms with Crippen LogP contribution in [-0.4, -0.2) is 42.4 Å². The number of aliphatic hydroxyl groups excluding tert-OH is 1. The van der Waals surface area contributed by atoms with E-state index in [9.17, 15) is 0 Å². The van der Waals surface area contributed by atoms with Gasteiger partial charge in [0.05, 0.1) is 12.7 Å². The molecule has 104 valence electrons. The third kappa shape index (κ3) is 4.63. The van der Waals surface area contributed by atoms with Crippen molar-refractivity contribution in [3.05, 3.63) is 21.9 Å². The van der Waals surface area contributed by atoms with E-state index in [1.807, 2.05) is 0 Å². The third-order valence-corrected chi connectivity index (χ3v) is 4.01. The van der Waals surface area contributed by atoms with Crippen LogP contribution in [-0.2, 0) is 11.3 Å². The summed E-state index contributed by atoms with van der Waals surface area (Å²) >= 11 is 1.76. The average molecular weight is 279 g/mol. The van der Waals surface area contributed by atoms with Crippen LogP contribution in [0.1, 0.15) is 30.2 Å². The molecule has 2 heterocycles. The molecule has 1 aliphatic rings. The first-order valence-electron chi connectivity index (χ1n) is 6.79. The molecule has 0 spiro atoms. The lowest BCUT2D eigenvalue weighted by molar-refractivity contribution is 0.0669. The Labute approximate surface area is 119 Å². The lowest BCUT2D eigenvalue weighted by atomic mass is 10.2. The quantitative estimate of drug-likeness (QED) is 0.860. The highest BCUT2D eigenvalue weighted by atomic mass is 32.1. The van der Waals surface area contributed by atoms with Crippen molar-refractivity contribution in [1.82, 2.24) is 4.90 Å². The van der Waals surface area contributed by atoms with Gasteiger partial charge in [0.1, 0.15) is 0 Å². The van der Waals surface area contributed by atoms with Crippen molar-refractivity contribution < 1.29 is 9.84 Å². The minimum absolute atomic E-state index is 0.132. The first-order chi connectivity index (χ1) is 9.29. The molecule has 1 N–H and O–H groups in total. The van der Waals surface area contributed by atoms with Crippen LogP contribution in [0.5, 0.6) is 0 Å². The Bertz CT molecular complexity index is 446. The van der Waals surface area contributed by atoms with Gasteiger partial charge in [0, 0.05) is 43.1 Å². The van der Waals surface area contributed by atoms with E-state index in [1.165, 1.54) is 4.88 Å². The van der Waals surface area contributed by atoms with Crippen LogP contribution in [0, 0.1) is 11.8 Å². The second-order valence-corrected chi connectivity index (χ2v) is 5.80. The molecule has 1 aromatic rings. The highest BCUT2D eigenvalue weighted by Gasteiger charge is 2.16. The van der Waals surface area contributed by atoms with Crippen molar-refractivity contribution in [2.45, 2.75) is 32.4 Å². The zero-order valence-corrected chi connectivity index (χ0v) is 12.2. The minimum Gasteiger partial charge on any atom is -0.395 e. The summed E-state index contributed by atoms with van der Waals surface area (Å²) in [6.45, 7) is 6.16. The molecular weight excluding hydrogens is 258 g/mol. The van der Waals surface area contributed by atoms with Gasteiger partial charge in [-0.25, -0.2) is 0 Å². The highest BCUT2D eigenvalue weighted by Crippen LogP contribution is 2.19. The largest absolute Gasteiger partial charge is 0.395 e. The number of aliphatic hydroxyl groups is 1. The zero-order valence-electron chi connectivity index (χ0n) is 11.4. The molecule has 1 saturated heterocycles. The van der Waals surface area contributed by atoms with Crippen LogP contribution in [0.15, 0.2) is 11.4 Å². The lowest BCUT2D eigenvalue weighted by Gasteiger charge is -2.21. The molecule has 0 aliphatic carbocycles. The van der Waals surface area contributed by atoms with Crippen LogP contribution in [0.25, 0.3) is 0 Å². The van der Waals surface area contributed by atoms with E-state index < -0.39 is 0 Å². The Morgan fingerprint density at radius 1 is 1.58 bits per heavy atom. The molecule has 4 heteroatoms. The number of thiophene rings is 1. The van der Waals surface area contributed by atoms with Gasteiger partial charge in [-0.05, 0) is 24.8 Å². The molecular formula is C15H21NO2S. The van der Waals surface area contributed by atoms with Crippen molar-refractivity contribution >= 4 is 11.3 Å². The summed E-state index contributed by atoms with van der Waals surface area (Å²) in [4.78, 5) is 3.76. The molecule has 19 heavy (non-hydrogen) atoms. The summed E-state index contributed by atoms with van der Waals surface area (Å²) in [7, 11) is 0. The van der Waals surface area contributed by atoms with E-state index in [-0.39, 0.29) is 6.61 Å². The second-order valence-electron chi connectivity index (χ2n) is 4.80. The summed E-state index contributed by atoms with van der Waals surface area (Å²) in [5.74, 6) is 6.15. The fourth-order valence-corrected chi connectivity index (χ4v) is 3.09. The van der Waals surface area contributed by atoms with Crippen molar-refractivity contribution in [3.8, 4) is 11.8 Å². The molecule has 1 aliphatic heterocycles. The monoisotopic (exact) mass is 279 g/mol. The van der Waals surface area contributed by atoms with Crippen molar-refractivity contribution in [1.29, 1.82) is 0 Å². The van der Waals surface area contributed by atoms with Crippen LogP contribution >= 0.6 is 11.3 Å². The first kappa shape index (κ1) is 14.5. The van der Waals surface area contributed by atoms with Crippen LogP contribution in [0.3, 0.4) is 0 Å². The molecule has 2 rings (SSSR count).